The first kappa shape index (κ1) is 13.0. The van der Waals surface area contributed by atoms with E-state index in [0.29, 0.717) is 18.1 Å². The zero-order chi connectivity index (χ0) is 12.0. The first-order chi connectivity index (χ1) is 7.63. The molecular formula is C12H15ClO3. The molecule has 0 fully saturated rings. The standard InChI is InChI=1S/C12H15ClO3/c1-2-6-16-11(12(14)15)8-9-4-3-5-10(13)7-9/h3-5,7,11H,2,6,8H2,1H3,(H,14,15). The lowest BCUT2D eigenvalue weighted by Gasteiger charge is -2.13. The highest BCUT2D eigenvalue weighted by atomic mass is 35.5. The summed E-state index contributed by atoms with van der Waals surface area (Å²) in [7, 11) is 0. The van der Waals surface area contributed by atoms with E-state index in [1.807, 2.05) is 13.0 Å². The highest BCUT2D eigenvalue weighted by Crippen LogP contribution is 2.13. The van der Waals surface area contributed by atoms with Gasteiger partial charge in [0.25, 0.3) is 0 Å². The van der Waals surface area contributed by atoms with Crippen molar-refractivity contribution < 1.29 is 14.6 Å². The molecule has 88 valence electrons. The average molecular weight is 243 g/mol. The fourth-order valence-corrected chi connectivity index (χ4v) is 1.57. The molecule has 1 atom stereocenters. The van der Waals surface area contributed by atoms with Crippen LogP contribution in [0.4, 0.5) is 0 Å². The first-order valence-electron chi connectivity index (χ1n) is 5.22. The molecule has 0 aliphatic heterocycles. The predicted octanol–water partition coefficient (Wildman–Crippen LogP) is 2.76. The molecule has 1 aromatic carbocycles. The number of halogens is 1. The summed E-state index contributed by atoms with van der Waals surface area (Å²) in [6, 6.07) is 7.16. The zero-order valence-corrected chi connectivity index (χ0v) is 9.91. The molecule has 0 spiro atoms. The number of carboxylic acid groups (broad SMARTS) is 1. The second-order valence-electron chi connectivity index (χ2n) is 3.53. The van der Waals surface area contributed by atoms with Crippen LogP contribution in [0.1, 0.15) is 18.9 Å². The lowest BCUT2D eigenvalue weighted by Crippen LogP contribution is -2.26. The minimum Gasteiger partial charge on any atom is -0.479 e. The van der Waals surface area contributed by atoms with E-state index in [0.717, 1.165) is 12.0 Å². The lowest BCUT2D eigenvalue weighted by molar-refractivity contribution is -0.150. The Balaban J connectivity index is 2.64. The summed E-state index contributed by atoms with van der Waals surface area (Å²) in [4.78, 5) is 10.9. The summed E-state index contributed by atoms with van der Waals surface area (Å²) in [5.74, 6) is -0.937. The Kier molecular flexibility index (Phi) is 5.29. The minimum absolute atomic E-state index is 0.343. The SMILES string of the molecule is CCCOC(Cc1cccc(Cl)c1)C(=O)O. The minimum atomic E-state index is -0.937. The van der Waals surface area contributed by atoms with Crippen LogP contribution < -0.4 is 0 Å². The molecular weight excluding hydrogens is 228 g/mol. The van der Waals surface area contributed by atoms with Crippen molar-refractivity contribution in [1.82, 2.24) is 0 Å². The molecule has 0 aliphatic rings. The molecule has 1 N–H and O–H groups in total. The van der Waals surface area contributed by atoms with Crippen molar-refractivity contribution in [2.75, 3.05) is 6.61 Å². The average Bonchev–Trinajstić information content (AvgIpc) is 2.24. The van der Waals surface area contributed by atoms with Crippen LogP contribution in [0.25, 0.3) is 0 Å². The molecule has 0 radical (unpaired) electrons. The fraction of sp³-hybridized carbons (Fsp3) is 0.417. The van der Waals surface area contributed by atoms with Crippen LogP contribution in [0.15, 0.2) is 24.3 Å². The van der Waals surface area contributed by atoms with Gasteiger partial charge in [-0.3, -0.25) is 0 Å². The summed E-state index contributed by atoms with van der Waals surface area (Å²) < 4.78 is 5.25. The van der Waals surface area contributed by atoms with Crippen molar-refractivity contribution >= 4 is 17.6 Å². The topological polar surface area (TPSA) is 46.5 Å². The van der Waals surface area contributed by atoms with Crippen molar-refractivity contribution in [3.8, 4) is 0 Å². The van der Waals surface area contributed by atoms with Crippen molar-refractivity contribution in [2.45, 2.75) is 25.9 Å². The van der Waals surface area contributed by atoms with Crippen LogP contribution in [-0.2, 0) is 16.0 Å². The van der Waals surface area contributed by atoms with Gasteiger partial charge in [-0.25, -0.2) is 4.79 Å². The van der Waals surface area contributed by atoms with E-state index in [-0.39, 0.29) is 0 Å². The van der Waals surface area contributed by atoms with Gasteiger partial charge in [-0.2, -0.15) is 0 Å². The molecule has 0 saturated carbocycles. The Morgan fingerprint density at radius 2 is 2.31 bits per heavy atom. The first-order valence-corrected chi connectivity index (χ1v) is 5.60. The van der Waals surface area contributed by atoms with Gasteiger partial charge in [-0.1, -0.05) is 30.7 Å². The number of benzene rings is 1. The highest BCUT2D eigenvalue weighted by molar-refractivity contribution is 6.30. The maximum atomic E-state index is 10.9. The zero-order valence-electron chi connectivity index (χ0n) is 9.15. The van der Waals surface area contributed by atoms with Crippen LogP contribution in [-0.4, -0.2) is 23.8 Å². The molecule has 4 heteroatoms. The number of ether oxygens (including phenoxy) is 1. The Bertz CT molecular complexity index is 352. The number of hydrogen-bond donors (Lipinski definition) is 1. The van der Waals surface area contributed by atoms with Gasteiger partial charge in [-0.05, 0) is 24.1 Å². The number of carboxylic acids is 1. The molecule has 0 saturated heterocycles. The van der Waals surface area contributed by atoms with Crippen molar-refractivity contribution in [3.05, 3.63) is 34.9 Å². The van der Waals surface area contributed by atoms with E-state index in [1.54, 1.807) is 18.2 Å². The van der Waals surface area contributed by atoms with E-state index in [4.69, 9.17) is 21.4 Å². The molecule has 0 heterocycles. The summed E-state index contributed by atoms with van der Waals surface area (Å²) in [6.07, 6.45) is 0.355. The van der Waals surface area contributed by atoms with Gasteiger partial charge in [0.2, 0.25) is 0 Å². The van der Waals surface area contributed by atoms with E-state index >= 15 is 0 Å². The fourth-order valence-electron chi connectivity index (χ4n) is 1.36. The maximum Gasteiger partial charge on any atom is 0.333 e. The smallest absolute Gasteiger partial charge is 0.333 e. The van der Waals surface area contributed by atoms with Gasteiger partial charge < -0.3 is 9.84 Å². The summed E-state index contributed by atoms with van der Waals surface area (Å²) in [6.45, 7) is 2.40. The van der Waals surface area contributed by atoms with E-state index in [2.05, 4.69) is 0 Å². The molecule has 0 amide bonds. The Morgan fingerprint density at radius 1 is 1.56 bits per heavy atom. The Hall–Kier alpha value is -1.06. The molecule has 0 aliphatic carbocycles. The van der Waals surface area contributed by atoms with Gasteiger partial charge >= 0.3 is 5.97 Å². The summed E-state index contributed by atoms with van der Waals surface area (Å²) in [5, 5.41) is 9.58. The van der Waals surface area contributed by atoms with E-state index in [1.165, 1.54) is 0 Å². The van der Waals surface area contributed by atoms with E-state index in [9.17, 15) is 4.79 Å². The maximum absolute atomic E-state index is 10.9. The van der Waals surface area contributed by atoms with Crippen molar-refractivity contribution in [1.29, 1.82) is 0 Å². The highest BCUT2D eigenvalue weighted by Gasteiger charge is 2.18. The molecule has 0 aromatic heterocycles. The third-order valence-electron chi connectivity index (χ3n) is 2.11. The third kappa shape index (κ3) is 4.21. The van der Waals surface area contributed by atoms with Gasteiger partial charge in [0.05, 0.1) is 0 Å². The van der Waals surface area contributed by atoms with Gasteiger partial charge in [0.1, 0.15) is 0 Å². The van der Waals surface area contributed by atoms with Gasteiger partial charge in [0.15, 0.2) is 6.10 Å². The summed E-state index contributed by atoms with van der Waals surface area (Å²) in [5.41, 5.74) is 0.871. The van der Waals surface area contributed by atoms with Gasteiger partial charge in [0, 0.05) is 18.1 Å². The van der Waals surface area contributed by atoms with Gasteiger partial charge in [-0.15, -0.1) is 0 Å². The molecule has 1 rings (SSSR count). The molecule has 0 bridgehead atoms. The molecule has 3 nitrogen and oxygen atoms in total. The number of carbonyl (C=O) groups is 1. The molecule has 1 aromatic rings. The Morgan fingerprint density at radius 3 is 2.88 bits per heavy atom. The van der Waals surface area contributed by atoms with Crippen LogP contribution >= 0.6 is 11.6 Å². The van der Waals surface area contributed by atoms with Crippen LogP contribution in [0.2, 0.25) is 5.02 Å². The quantitative estimate of drug-likeness (QED) is 0.834. The Labute approximate surface area is 100.0 Å². The number of hydrogen-bond acceptors (Lipinski definition) is 2. The third-order valence-corrected chi connectivity index (χ3v) is 2.34. The number of rotatable bonds is 6. The monoisotopic (exact) mass is 242 g/mol. The van der Waals surface area contributed by atoms with Crippen LogP contribution in [0.3, 0.4) is 0 Å². The number of aliphatic carboxylic acids is 1. The molecule has 1 unspecified atom stereocenters. The molecule has 16 heavy (non-hydrogen) atoms. The second kappa shape index (κ2) is 6.51. The van der Waals surface area contributed by atoms with Crippen LogP contribution in [0, 0.1) is 0 Å². The predicted molar refractivity (Wildman–Crippen MR) is 62.8 cm³/mol. The lowest BCUT2D eigenvalue weighted by atomic mass is 10.1. The van der Waals surface area contributed by atoms with Crippen molar-refractivity contribution in [3.63, 3.8) is 0 Å². The normalized spacial score (nSPS) is 12.4. The van der Waals surface area contributed by atoms with Crippen molar-refractivity contribution in [2.24, 2.45) is 0 Å². The largest absolute Gasteiger partial charge is 0.479 e. The second-order valence-corrected chi connectivity index (χ2v) is 3.97. The van der Waals surface area contributed by atoms with E-state index < -0.39 is 12.1 Å². The summed E-state index contributed by atoms with van der Waals surface area (Å²) >= 11 is 5.82. The van der Waals surface area contributed by atoms with Crippen LogP contribution in [0.5, 0.6) is 0 Å².